The molecule has 35 heavy (non-hydrogen) atoms. The topological polar surface area (TPSA) is 90.5 Å². The second-order valence-corrected chi connectivity index (χ2v) is 8.58. The Bertz CT molecular complexity index is 1640. The van der Waals surface area contributed by atoms with Crippen LogP contribution in [0.15, 0.2) is 71.5 Å². The fourth-order valence-electron chi connectivity index (χ4n) is 3.81. The zero-order valence-corrected chi connectivity index (χ0v) is 19.9. The van der Waals surface area contributed by atoms with Crippen LogP contribution in [0.5, 0.6) is 11.6 Å². The molecule has 3 aromatic carbocycles. The Balaban J connectivity index is 1.52. The Morgan fingerprint density at radius 2 is 1.80 bits per heavy atom. The summed E-state index contributed by atoms with van der Waals surface area (Å²) < 4.78 is 8.67. The lowest BCUT2D eigenvalue weighted by molar-refractivity contribution is -0.122. The van der Waals surface area contributed by atoms with E-state index in [9.17, 15) is 9.59 Å². The zero-order valence-electron chi connectivity index (χ0n) is 19.2. The highest BCUT2D eigenvalue weighted by atomic mass is 35.5. The molecule has 0 saturated carbocycles. The van der Waals surface area contributed by atoms with Gasteiger partial charge in [-0.05, 0) is 54.8 Å². The molecule has 0 bridgehead atoms. The lowest BCUT2D eigenvalue weighted by atomic mass is 10.1. The first-order valence-corrected chi connectivity index (χ1v) is 11.4. The van der Waals surface area contributed by atoms with Crippen LogP contribution >= 0.6 is 11.6 Å². The molecule has 0 saturated heterocycles. The average molecular weight is 488 g/mol. The van der Waals surface area contributed by atoms with E-state index in [-0.39, 0.29) is 30.5 Å². The van der Waals surface area contributed by atoms with Crippen LogP contribution in [0, 0.1) is 13.8 Å². The number of halogens is 1. The standard InChI is InChI=1S/C26H22ClN5O3/c1-16-8-7-13-22(17(16)2)35-25-24-30-31(15-23(33)28-14-18-9-3-4-10-19(18)27)26(34)32(24)21-12-6-5-11-20(21)29-25/h3-13H,14-15H2,1-2H3,(H,28,33). The Morgan fingerprint density at radius 1 is 1.03 bits per heavy atom. The van der Waals surface area contributed by atoms with Crippen molar-refractivity contribution in [1.29, 1.82) is 0 Å². The predicted molar refractivity (Wildman–Crippen MR) is 134 cm³/mol. The molecule has 0 unspecified atom stereocenters. The third-order valence-electron chi connectivity index (χ3n) is 5.86. The summed E-state index contributed by atoms with van der Waals surface area (Å²) in [6, 6.07) is 20.2. The van der Waals surface area contributed by atoms with Crippen LogP contribution in [0.4, 0.5) is 0 Å². The summed E-state index contributed by atoms with van der Waals surface area (Å²) in [4.78, 5) is 30.6. The van der Waals surface area contributed by atoms with Crippen LogP contribution in [0.2, 0.25) is 5.02 Å². The molecule has 2 heterocycles. The predicted octanol–water partition coefficient (Wildman–Crippen LogP) is 4.42. The largest absolute Gasteiger partial charge is 0.436 e. The van der Waals surface area contributed by atoms with Gasteiger partial charge in [-0.15, -0.1) is 5.10 Å². The monoisotopic (exact) mass is 487 g/mol. The Labute approximate surface area is 205 Å². The number of aryl methyl sites for hydroxylation is 1. The maximum absolute atomic E-state index is 13.3. The van der Waals surface area contributed by atoms with Crippen LogP contribution in [0.25, 0.3) is 16.7 Å². The normalized spacial score (nSPS) is 11.2. The van der Waals surface area contributed by atoms with Gasteiger partial charge in [-0.2, -0.15) is 0 Å². The van der Waals surface area contributed by atoms with Crippen LogP contribution in [0.1, 0.15) is 16.7 Å². The SMILES string of the molecule is Cc1cccc(Oc2nc3ccccc3n3c(=O)n(CC(=O)NCc4ccccc4Cl)nc23)c1C. The summed E-state index contributed by atoms with van der Waals surface area (Å²) in [5, 5.41) is 7.76. The van der Waals surface area contributed by atoms with Crippen molar-refractivity contribution in [2.75, 3.05) is 0 Å². The number of rotatable bonds is 6. The molecule has 0 atom stereocenters. The van der Waals surface area contributed by atoms with E-state index in [4.69, 9.17) is 16.3 Å². The number of nitrogens with zero attached hydrogens (tertiary/aromatic N) is 4. The number of carbonyl (C=O) groups excluding carboxylic acids is 1. The molecule has 8 nitrogen and oxygen atoms in total. The van der Waals surface area contributed by atoms with Crippen molar-refractivity contribution in [1.82, 2.24) is 24.5 Å². The number of carbonyl (C=O) groups is 1. The Kier molecular flexibility index (Phi) is 5.96. The number of para-hydroxylation sites is 2. The molecule has 0 spiro atoms. The van der Waals surface area contributed by atoms with Crippen molar-refractivity contribution in [3.05, 3.63) is 98.9 Å². The molecule has 5 rings (SSSR count). The van der Waals surface area contributed by atoms with E-state index in [1.807, 2.05) is 62.4 Å². The first kappa shape index (κ1) is 22.6. The van der Waals surface area contributed by atoms with Gasteiger partial charge >= 0.3 is 5.69 Å². The van der Waals surface area contributed by atoms with Gasteiger partial charge < -0.3 is 10.1 Å². The number of amides is 1. The van der Waals surface area contributed by atoms with Gasteiger partial charge in [0.15, 0.2) is 0 Å². The second-order valence-electron chi connectivity index (χ2n) is 8.17. The van der Waals surface area contributed by atoms with Gasteiger partial charge in [-0.25, -0.2) is 18.9 Å². The number of ether oxygens (including phenoxy) is 1. The molecule has 1 amide bonds. The molecule has 0 aliphatic heterocycles. The van der Waals surface area contributed by atoms with Crippen molar-refractivity contribution in [2.45, 2.75) is 26.9 Å². The molecule has 0 aliphatic rings. The van der Waals surface area contributed by atoms with E-state index < -0.39 is 5.69 Å². The molecule has 1 N–H and O–H groups in total. The van der Waals surface area contributed by atoms with E-state index in [0.717, 1.165) is 21.4 Å². The summed E-state index contributed by atoms with van der Waals surface area (Å²) >= 11 is 6.16. The van der Waals surface area contributed by atoms with Gasteiger partial charge in [0.05, 0.1) is 11.0 Å². The van der Waals surface area contributed by atoms with Gasteiger partial charge in [0.1, 0.15) is 12.3 Å². The zero-order chi connectivity index (χ0) is 24.5. The molecular formula is C26H22ClN5O3. The second kappa shape index (κ2) is 9.23. The summed E-state index contributed by atoms with van der Waals surface area (Å²) in [6.45, 7) is 3.93. The van der Waals surface area contributed by atoms with E-state index in [1.54, 1.807) is 18.2 Å². The van der Waals surface area contributed by atoms with Gasteiger partial charge in [-0.1, -0.05) is 54.1 Å². The lowest BCUT2D eigenvalue weighted by Gasteiger charge is -2.11. The molecule has 0 radical (unpaired) electrons. The number of aromatic nitrogens is 4. The molecule has 5 aromatic rings. The molecule has 176 valence electrons. The van der Waals surface area contributed by atoms with E-state index in [2.05, 4.69) is 15.4 Å². The highest BCUT2D eigenvalue weighted by Gasteiger charge is 2.19. The highest BCUT2D eigenvalue weighted by Crippen LogP contribution is 2.29. The van der Waals surface area contributed by atoms with Crippen LogP contribution in [0.3, 0.4) is 0 Å². The summed E-state index contributed by atoms with van der Waals surface area (Å²) in [6.07, 6.45) is 0. The van der Waals surface area contributed by atoms with Crippen molar-refractivity contribution in [3.63, 3.8) is 0 Å². The summed E-state index contributed by atoms with van der Waals surface area (Å²) in [5.41, 5.74) is 3.72. The van der Waals surface area contributed by atoms with Crippen LogP contribution < -0.4 is 15.7 Å². The average Bonchev–Trinajstić information content (AvgIpc) is 3.18. The van der Waals surface area contributed by atoms with Crippen molar-refractivity contribution < 1.29 is 9.53 Å². The summed E-state index contributed by atoms with van der Waals surface area (Å²) in [5.74, 6) is 0.434. The number of nitrogens with one attached hydrogen (secondary N) is 1. The quantitative estimate of drug-likeness (QED) is 0.383. The lowest BCUT2D eigenvalue weighted by Crippen LogP contribution is -2.32. The van der Waals surface area contributed by atoms with E-state index in [1.165, 1.54) is 4.40 Å². The van der Waals surface area contributed by atoms with Gasteiger partial charge in [0.2, 0.25) is 11.6 Å². The van der Waals surface area contributed by atoms with Crippen molar-refractivity contribution >= 4 is 34.2 Å². The Hall–Kier alpha value is -4.17. The minimum atomic E-state index is -0.461. The fraction of sp³-hybridized carbons (Fsp3) is 0.154. The minimum Gasteiger partial charge on any atom is -0.436 e. The number of hydrogen-bond donors (Lipinski definition) is 1. The molecular weight excluding hydrogens is 466 g/mol. The van der Waals surface area contributed by atoms with Gasteiger partial charge in [0, 0.05) is 11.6 Å². The first-order valence-electron chi connectivity index (χ1n) is 11.0. The van der Waals surface area contributed by atoms with E-state index in [0.29, 0.717) is 21.8 Å². The first-order chi connectivity index (χ1) is 16.9. The Morgan fingerprint density at radius 3 is 2.63 bits per heavy atom. The molecule has 0 aliphatic carbocycles. The number of hydrogen-bond acceptors (Lipinski definition) is 5. The third-order valence-corrected chi connectivity index (χ3v) is 6.23. The van der Waals surface area contributed by atoms with Gasteiger partial charge in [-0.3, -0.25) is 4.79 Å². The number of fused-ring (bicyclic) bond motifs is 3. The van der Waals surface area contributed by atoms with Crippen molar-refractivity contribution in [3.8, 4) is 11.6 Å². The van der Waals surface area contributed by atoms with Gasteiger partial charge in [0.25, 0.3) is 5.88 Å². The molecule has 9 heteroatoms. The maximum atomic E-state index is 13.3. The molecule has 0 fully saturated rings. The fourth-order valence-corrected chi connectivity index (χ4v) is 4.01. The minimum absolute atomic E-state index is 0.185. The highest BCUT2D eigenvalue weighted by molar-refractivity contribution is 6.31. The van der Waals surface area contributed by atoms with E-state index >= 15 is 0 Å². The van der Waals surface area contributed by atoms with Crippen molar-refractivity contribution in [2.24, 2.45) is 0 Å². The summed E-state index contributed by atoms with van der Waals surface area (Å²) in [7, 11) is 0. The third kappa shape index (κ3) is 4.36. The number of benzene rings is 3. The van der Waals surface area contributed by atoms with Crippen LogP contribution in [-0.2, 0) is 17.9 Å². The molecule has 2 aromatic heterocycles. The smallest absolute Gasteiger partial charge is 0.351 e. The maximum Gasteiger partial charge on any atom is 0.351 e. The van der Waals surface area contributed by atoms with Crippen LogP contribution in [-0.4, -0.2) is 25.1 Å².